The lowest BCUT2D eigenvalue weighted by Gasteiger charge is -2.29. The molecule has 0 unspecified atom stereocenters. The Labute approximate surface area is 152 Å². The lowest BCUT2D eigenvalue weighted by atomic mass is 10.0. The van der Waals surface area contributed by atoms with Crippen LogP contribution in [0.1, 0.15) is 22.3 Å². The summed E-state index contributed by atoms with van der Waals surface area (Å²) in [6.07, 6.45) is 3.06. The topological polar surface area (TPSA) is 66.5 Å². The molecule has 7 heteroatoms. The van der Waals surface area contributed by atoms with Crippen molar-refractivity contribution in [2.24, 2.45) is 0 Å². The zero-order chi connectivity index (χ0) is 18.7. The van der Waals surface area contributed by atoms with Crippen LogP contribution in [0.25, 0.3) is 0 Å². The van der Waals surface area contributed by atoms with Crippen LogP contribution in [0.5, 0.6) is 0 Å². The van der Waals surface area contributed by atoms with E-state index >= 15 is 0 Å². The van der Waals surface area contributed by atoms with Crippen LogP contribution in [0.3, 0.4) is 0 Å². The van der Waals surface area contributed by atoms with Crippen molar-refractivity contribution in [3.05, 3.63) is 72.1 Å². The summed E-state index contributed by atoms with van der Waals surface area (Å²) in [5.41, 5.74) is 2.00. The summed E-state index contributed by atoms with van der Waals surface area (Å²) in [4.78, 5) is 14.0. The monoisotopic (exact) mass is 374 g/mol. The fraction of sp³-hybridized carbons (Fsp3) is 0.211. The van der Waals surface area contributed by atoms with E-state index in [4.69, 9.17) is 0 Å². The molecule has 3 rings (SSSR count). The van der Waals surface area contributed by atoms with Gasteiger partial charge in [-0.2, -0.15) is 0 Å². The molecule has 0 saturated heterocycles. The second-order valence-corrected chi connectivity index (χ2v) is 7.71. The van der Waals surface area contributed by atoms with Crippen LogP contribution in [0.15, 0.2) is 60.0 Å². The Morgan fingerprint density at radius 3 is 2.81 bits per heavy atom. The Hall–Kier alpha value is -2.51. The molecule has 0 atom stereocenters. The highest BCUT2D eigenvalue weighted by molar-refractivity contribution is 7.89. The summed E-state index contributed by atoms with van der Waals surface area (Å²) < 4.78 is 40.8. The van der Waals surface area contributed by atoms with Gasteiger partial charge in [-0.15, -0.1) is 6.58 Å². The van der Waals surface area contributed by atoms with Gasteiger partial charge in [0.25, 0.3) is 5.91 Å². The van der Waals surface area contributed by atoms with Gasteiger partial charge in [0.15, 0.2) is 0 Å². The number of carbonyl (C=O) groups excluding carboxylic acids is 1. The molecule has 1 aliphatic rings. The van der Waals surface area contributed by atoms with Gasteiger partial charge < -0.3 is 4.90 Å². The molecular weight excluding hydrogens is 355 g/mol. The maximum absolute atomic E-state index is 14.1. The molecule has 0 saturated carbocycles. The van der Waals surface area contributed by atoms with Gasteiger partial charge in [0.2, 0.25) is 10.0 Å². The average molecular weight is 374 g/mol. The van der Waals surface area contributed by atoms with Crippen LogP contribution in [0.2, 0.25) is 0 Å². The van der Waals surface area contributed by atoms with Gasteiger partial charge in [-0.1, -0.05) is 24.3 Å². The first kappa shape index (κ1) is 18.3. The smallest absolute Gasteiger partial charge is 0.258 e. The van der Waals surface area contributed by atoms with Crippen LogP contribution in [-0.4, -0.2) is 27.4 Å². The van der Waals surface area contributed by atoms with E-state index in [1.807, 2.05) is 24.3 Å². The number of para-hydroxylation sites is 1. The Kier molecular flexibility index (Phi) is 5.20. The fourth-order valence-electron chi connectivity index (χ4n) is 2.99. The third-order valence-corrected chi connectivity index (χ3v) is 5.68. The zero-order valence-corrected chi connectivity index (χ0v) is 14.9. The van der Waals surface area contributed by atoms with Crippen LogP contribution < -0.4 is 9.62 Å². The van der Waals surface area contributed by atoms with E-state index in [2.05, 4.69) is 11.3 Å². The summed E-state index contributed by atoms with van der Waals surface area (Å²) in [6.45, 7) is 3.93. The first-order valence-corrected chi connectivity index (χ1v) is 9.72. The van der Waals surface area contributed by atoms with Crippen molar-refractivity contribution in [1.82, 2.24) is 4.72 Å². The van der Waals surface area contributed by atoms with Crippen LogP contribution in [0.4, 0.5) is 10.1 Å². The van der Waals surface area contributed by atoms with Crippen LogP contribution in [-0.2, 0) is 16.4 Å². The first-order chi connectivity index (χ1) is 12.4. The molecule has 1 aliphatic heterocycles. The summed E-state index contributed by atoms with van der Waals surface area (Å²) in [5, 5.41) is 0. The number of nitrogens with one attached hydrogen (secondary N) is 1. The molecule has 1 amide bonds. The molecule has 0 radical (unpaired) electrons. The van der Waals surface area contributed by atoms with E-state index in [-0.39, 0.29) is 18.0 Å². The number of anilines is 1. The van der Waals surface area contributed by atoms with Crippen LogP contribution >= 0.6 is 0 Å². The second kappa shape index (κ2) is 7.39. The number of amides is 1. The highest BCUT2D eigenvalue weighted by Gasteiger charge is 2.26. The summed E-state index contributed by atoms with van der Waals surface area (Å²) in [7, 11) is -4.07. The molecule has 1 N–H and O–H groups in total. The minimum absolute atomic E-state index is 0.0283. The van der Waals surface area contributed by atoms with Gasteiger partial charge in [-0.05, 0) is 42.7 Å². The highest BCUT2D eigenvalue weighted by atomic mass is 32.2. The third-order valence-electron chi connectivity index (χ3n) is 4.24. The molecule has 0 spiro atoms. The zero-order valence-electron chi connectivity index (χ0n) is 14.1. The minimum Gasteiger partial charge on any atom is -0.308 e. The van der Waals surface area contributed by atoms with Gasteiger partial charge in [0.05, 0.1) is 0 Å². The van der Waals surface area contributed by atoms with E-state index in [9.17, 15) is 17.6 Å². The van der Waals surface area contributed by atoms with Gasteiger partial charge in [-0.3, -0.25) is 4.79 Å². The molecule has 5 nitrogen and oxygen atoms in total. The maximum atomic E-state index is 14.1. The lowest BCUT2D eigenvalue weighted by Crippen LogP contribution is -2.35. The number of benzene rings is 2. The van der Waals surface area contributed by atoms with Crippen molar-refractivity contribution in [1.29, 1.82) is 0 Å². The molecule has 1 heterocycles. The van der Waals surface area contributed by atoms with Gasteiger partial charge in [-0.25, -0.2) is 17.5 Å². The number of sulfonamides is 1. The number of nitrogens with zero attached hydrogens (tertiary/aromatic N) is 1. The summed E-state index contributed by atoms with van der Waals surface area (Å²) in [5.74, 6) is -1.26. The highest BCUT2D eigenvalue weighted by Crippen LogP contribution is 2.28. The van der Waals surface area contributed by atoms with Crippen molar-refractivity contribution >= 4 is 21.6 Å². The van der Waals surface area contributed by atoms with Gasteiger partial charge in [0, 0.05) is 24.3 Å². The lowest BCUT2D eigenvalue weighted by molar-refractivity contribution is 0.0985. The normalized spacial score (nSPS) is 14.0. The van der Waals surface area contributed by atoms with E-state index in [1.54, 1.807) is 4.90 Å². The number of hydrogen-bond donors (Lipinski definition) is 1. The van der Waals surface area contributed by atoms with Crippen molar-refractivity contribution < 1.29 is 17.6 Å². The predicted molar refractivity (Wildman–Crippen MR) is 98.2 cm³/mol. The Bertz CT molecular complexity index is 957. The molecule has 0 aliphatic carbocycles. The predicted octanol–water partition coefficient (Wildman–Crippen LogP) is 2.88. The number of aryl methyl sites for hydroxylation is 1. The number of hydrogen-bond acceptors (Lipinski definition) is 3. The quantitative estimate of drug-likeness (QED) is 0.819. The Morgan fingerprint density at radius 2 is 2.04 bits per heavy atom. The fourth-order valence-corrected chi connectivity index (χ4v) is 4.09. The average Bonchev–Trinajstić information content (AvgIpc) is 2.65. The number of fused-ring (bicyclic) bond motifs is 1. The van der Waals surface area contributed by atoms with Gasteiger partial charge >= 0.3 is 0 Å². The molecule has 2 aromatic carbocycles. The largest absolute Gasteiger partial charge is 0.308 e. The molecular formula is C19H19FN2O3S. The minimum atomic E-state index is -4.07. The first-order valence-electron chi connectivity index (χ1n) is 8.24. The molecule has 0 fully saturated rings. The Balaban J connectivity index is 1.97. The van der Waals surface area contributed by atoms with Crippen molar-refractivity contribution in [2.75, 3.05) is 18.0 Å². The molecule has 2 aromatic rings. The second-order valence-electron chi connectivity index (χ2n) is 5.97. The van der Waals surface area contributed by atoms with Gasteiger partial charge in [0.1, 0.15) is 10.7 Å². The van der Waals surface area contributed by atoms with E-state index in [1.165, 1.54) is 12.1 Å². The SMILES string of the molecule is C=CCNS(=O)(=O)c1cc(C(=O)N2CCCc3ccccc32)ccc1F. The van der Waals surface area contributed by atoms with E-state index < -0.39 is 20.7 Å². The van der Waals surface area contributed by atoms with E-state index in [0.29, 0.717) is 6.54 Å². The van der Waals surface area contributed by atoms with Crippen molar-refractivity contribution in [3.8, 4) is 0 Å². The number of carbonyl (C=O) groups is 1. The van der Waals surface area contributed by atoms with Crippen molar-refractivity contribution in [3.63, 3.8) is 0 Å². The molecule has 26 heavy (non-hydrogen) atoms. The molecule has 0 bridgehead atoms. The van der Waals surface area contributed by atoms with E-state index in [0.717, 1.165) is 36.2 Å². The standard InChI is InChI=1S/C19H19FN2O3S/c1-2-11-21-26(24,25)18-13-15(9-10-16(18)20)19(23)22-12-5-7-14-6-3-4-8-17(14)22/h2-4,6,8-10,13,21H,1,5,7,11-12H2. The number of rotatable bonds is 5. The Morgan fingerprint density at radius 1 is 1.27 bits per heavy atom. The maximum Gasteiger partial charge on any atom is 0.258 e. The molecule has 0 aromatic heterocycles. The number of halogens is 1. The van der Waals surface area contributed by atoms with Crippen LogP contribution in [0, 0.1) is 5.82 Å². The summed E-state index contributed by atoms with van der Waals surface area (Å²) in [6, 6.07) is 11.0. The third kappa shape index (κ3) is 3.54. The summed E-state index contributed by atoms with van der Waals surface area (Å²) >= 11 is 0. The van der Waals surface area contributed by atoms with Crippen molar-refractivity contribution in [2.45, 2.75) is 17.7 Å². The molecule has 136 valence electrons.